The Morgan fingerprint density at radius 1 is 1.11 bits per heavy atom. The molecule has 0 radical (unpaired) electrons. The van der Waals surface area contributed by atoms with Gasteiger partial charge in [0.05, 0.1) is 0 Å². The summed E-state index contributed by atoms with van der Waals surface area (Å²) in [5.74, 6) is 0. The van der Waals surface area contributed by atoms with Crippen molar-refractivity contribution in [3.05, 3.63) is 51.3 Å². The lowest BCUT2D eigenvalue weighted by Gasteiger charge is -2.08. The quantitative estimate of drug-likeness (QED) is 0.609. The van der Waals surface area contributed by atoms with E-state index in [1.165, 1.54) is 0 Å². The van der Waals surface area contributed by atoms with Crippen molar-refractivity contribution in [2.24, 2.45) is 0 Å². The minimum absolute atomic E-state index is 0.148. The van der Waals surface area contributed by atoms with Gasteiger partial charge in [0.15, 0.2) is 0 Å². The number of allylic oxidation sites excluding steroid dienone is 3. The minimum atomic E-state index is 0.148. The number of nitrogens with zero attached hydrogens (tertiary/aromatic N) is 2. The van der Waals surface area contributed by atoms with Crippen molar-refractivity contribution in [3.63, 3.8) is 0 Å². The largest absolute Gasteiger partial charge is 0.192 e. The zero-order chi connectivity index (χ0) is 14.3. The average molecular weight is 286 g/mol. The van der Waals surface area contributed by atoms with Gasteiger partial charge in [-0.2, -0.15) is 10.5 Å². The third kappa shape index (κ3) is 3.92. The van der Waals surface area contributed by atoms with Crippen molar-refractivity contribution in [1.29, 1.82) is 10.5 Å². The van der Waals surface area contributed by atoms with Crippen molar-refractivity contribution in [2.75, 3.05) is 12.5 Å². The number of thioether (sulfide) groups is 2. The lowest BCUT2D eigenvalue weighted by molar-refractivity contribution is 1.41. The van der Waals surface area contributed by atoms with Crippen LogP contribution >= 0.6 is 23.5 Å². The number of aryl methyl sites for hydroxylation is 1. The van der Waals surface area contributed by atoms with E-state index in [9.17, 15) is 0 Å². The molecule has 0 unspecified atom stereocenters. The van der Waals surface area contributed by atoms with Crippen LogP contribution in [0.5, 0.6) is 0 Å². The highest BCUT2D eigenvalue weighted by Gasteiger charge is 2.10. The third-order valence-corrected chi connectivity index (χ3v) is 4.63. The van der Waals surface area contributed by atoms with Gasteiger partial charge in [-0.1, -0.05) is 24.3 Å². The van der Waals surface area contributed by atoms with Gasteiger partial charge in [0.25, 0.3) is 0 Å². The second kappa shape index (κ2) is 7.74. The fourth-order valence-corrected chi connectivity index (χ4v) is 2.76. The van der Waals surface area contributed by atoms with Gasteiger partial charge in [0.1, 0.15) is 17.7 Å². The molecule has 1 aromatic carbocycles. The molecule has 96 valence electrons. The lowest BCUT2D eigenvalue weighted by atomic mass is 9.97. The molecular weight excluding hydrogens is 272 g/mol. The first-order valence-electron chi connectivity index (χ1n) is 5.58. The van der Waals surface area contributed by atoms with Crippen molar-refractivity contribution >= 4 is 29.1 Å². The molecule has 0 fully saturated rings. The Morgan fingerprint density at radius 3 is 2.16 bits per heavy atom. The van der Waals surface area contributed by atoms with Crippen molar-refractivity contribution in [3.8, 4) is 12.1 Å². The summed E-state index contributed by atoms with van der Waals surface area (Å²) in [6, 6.07) is 11.8. The van der Waals surface area contributed by atoms with Crippen LogP contribution in [0.4, 0.5) is 0 Å². The summed E-state index contributed by atoms with van der Waals surface area (Å²) >= 11 is 3.22. The van der Waals surface area contributed by atoms with E-state index in [0.29, 0.717) is 5.57 Å². The molecule has 4 heteroatoms. The highest BCUT2D eigenvalue weighted by molar-refractivity contribution is 8.21. The monoisotopic (exact) mass is 286 g/mol. The van der Waals surface area contributed by atoms with Crippen LogP contribution in [-0.2, 0) is 0 Å². The predicted molar refractivity (Wildman–Crippen MR) is 84.4 cm³/mol. The highest BCUT2D eigenvalue weighted by atomic mass is 32.2. The number of nitriles is 2. The second-order valence-corrected chi connectivity index (χ2v) is 5.65. The van der Waals surface area contributed by atoms with Crippen LogP contribution in [0.2, 0.25) is 0 Å². The van der Waals surface area contributed by atoms with E-state index in [0.717, 1.165) is 15.4 Å². The van der Waals surface area contributed by atoms with Crippen LogP contribution in [0.25, 0.3) is 5.57 Å². The molecule has 19 heavy (non-hydrogen) atoms. The summed E-state index contributed by atoms with van der Waals surface area (Å²) in [4.78, 5) is 0. The molecule has 0 heterocycles. The van der Waals surface area contributed by atoms with E-state index in [1.54, 1.807) is 23.5 Å². The Morgan fingerprint density at radius 2 is 1.68 bits per heavy atom. The van der Waals surface area contributed by atoms with Gasteiger partial charge in [-0.05, 0) is 36.6 Å². The summed E-state index contributed by atoms with van der Waals surface area (Å²) in [6.45, 7) is 1.98. The first-order valence-corrected chi connectivity index (χ1v) is 8.03. The standard InChI is InChI=1S/C15H14N2S2/c1-11-6-4-5-7-13(11)14(12(9-16)10-17)8-15(18-2)19-3/h4-8H,1-3H3. The van der Waals surface area contributed by atoms with Gasteiger partial charge >= 0.3 is 0 Å². The first kappa shape index (κ1) is 15.4. The Balaban J connectivity index is 3.53. The summed E-state index contributed by atoms with van der Waals surface area (Å²) in [7, 11) is 0. The summed E-state index contributed by atoms with van der Waals surface area (Å²) in [5, 5.41) is 18.3. The molecule has 0 saturated carbocycles. The van der Waals surface area contributed by atoms with E-state index < -0.39 is 0 Å². The molecular formula is C15H14N2S2. The summed E-state index contributed by atoms with van der Waals surface area (Å²) in [6.07, 6.45) is 5.88. The topological polar surface area (TPSA) is 47.6 Å². The predicted octanol–water partition coefficient (Wildman–Crippen LogP) is 4.36. The Labute approximate surface area is 122 Å². The molecule has 0 bridgehead atoms. The van der Waals surface area contributed by atoms with Crippen molar-refractivity contribution in [1.82, 2.24) is 0 Å². The normalized spacial score (nSPS) is 9.11. The molecule has 0 aromatic heterocycles. The van der Waals surface area contributed by atoms with E-state index in [-0.39, 0.29) is 5.57 Å². The molecule has 1 rings (SSSR count). The summed E-state index contributed by atoms with van der Waals surface area (Å²) in [5.41, 5.74) is 2.83. The van der Waals surface area contributed by atoms with Crippen LogP contribution in [-0.4, -0.2) is 12.5 Å². The van der Waals surface area contributed by atoms with E-state index >= 15 is 0 Å². The van der Waals surface area contributed by atoms with Gasteiger partial charge in [-0.3, -0.25) is 0 Å². The first-order chi connectivity index (χ1) is 9.17. The van der Waals surface area contributed by atoms with Crippen LogP contribution in [0.1, 0.15) is 11.1 Å². The SMILES string of the molecule is CSC(=CC(=C(C#N)C#N)c1ccccc1C)SC. The molecule has 0 aliphatic carbocycles. The van der Waals surface area contributed by atoms with Crippen LogP contribution in [0, 0.1) is 29.6 Å². The maximum absolute atomic E-state index is 9.13. The fraction of sp³-hybridized carbons (Fsp3) is 0.200. The molecule has 0 atom stereocenters. The fourth-order valence-electron chi connectivity index (χ4n) is 1.62. The minimum Gasteiger partial charge on any atom is -0.192 e. The number of hydrogen-bond acceptors (Lipinski definition) is 4. The molecule has 1 aromatic rings. The molecule has 0 amide bonds. The van der Waals surface area contributed by atoms with Crippen molar-refractivity contribution in [2.45, 2.75) is 6.92 Å². The third-order valence-electron chi connectivity index (χ3n) is 2.59. The highest BCUT2D eigenvalue weighted by Crippen LogP contribution is 2.31. The number of hydrogen-bond donors (Lipinski definition) is 0. The van der Waals surface area contributed by atoms with E-state index in [1.807, 2.05) is 61.9 Å². The van der Waals surface area contributed by atoms with Crippen LogP contribution < -0.4 is 0 Å². The Bertz CT molecular complexity index is 579. The van der Waals surface area contributed by atoms with Crippen LogP contribution in [0.3, 0.4) is 0 Å². The van der Waals surface area contributed by atoms with Gasteiger partial charge in [-0.15, -0.1) is 23.5 Å². The molecule has 0 N–H and O–H groups in total. The molecule has 0 aliphatic heterocycles. The number of benzene rings is 1. The van der Waals surface area contributed by atoms with Gasteiger partial charge in [-0.25, -0.2) is 0 Å². The number of rotatable bonds is 4. The molecule has 0 saturated heterocycles. The zero-order valence-corrected chi connectivity index (χ0v) is 12.7. The molecule has 0 spiro atoms. The zero-order valence-electron chi connectivity index (χ0n) is 11.1. The smallest absolute Gasteiger partial charge is 0.137 e. The maximum Gasteiger partial charge on any atom is 0.137 e. The van der Waals surface area contributed by atoms with Gasteiger partial charge in [0.2, 0.25) is 0 Å². The van der Waals surface area contributed by atoms with Crippen molar-refractivity contribution < 1.29 is 0 Å². The Hall–Kier alpha value is -1.62. The second-order valence-electron chi connectivity index (χ2n) is 3.70. The summed E-state index contributed by atoms with van der Waals surface area (Å²) < 4.78 is 1.07. The van der Waals surface area contributed by atoms with Gasteiger partial charge < -0.3 is 0 Å². The lowest BCUT2D eigenvalue weighted by Crippen LogP contribution is -1.91. The molecule has 2 nitrogen and oxygen atoms in total. The average Bonchev–Trinajstić information content (AvgIpc) is 2.44. The Kier molecular flexibility index (Phi) is 6.29. The van der Waals surface area contributed by atoms with E-state index in [2.05, 4.69) is 0 Å². The molecule has 0 aliphatic rings. The van der Waals surface area contributed by atoms with Gasteiger partial charge in [0, 0.05) is 9.81 Å². The van der Waals surface area contributed by atoms with Crippen LogP contribution in [0.15, 0.2) is 40.2 Å². The van der Waals surface area contributed by atoms with E-state index in [4.69, 9.17) is 10.5 Å². The maximum atomic E-state index is 9.13.